The number of benzene rings is 2. The van der Waals surface area contributed by atoms with E-state index in [4.69, 9.17) is 9.47 Å². The Labute approximate surface area is 244 Å². The summed E-state index contributed by atoms with van der Waals surface area (Å²) in [6, 6.07) is 12.9. The van der Waals surface area contributed by atoms with E-state index in [0.29, 0.717) is 5.75 Å². The zero-order valence-electron chi connectivity index (χ0n) is 23.1. The van der Waals surface area contributed by atoms with Crippen molar-refractivity contribution < 1.29 is 36.2 Å². The minimum Gasteiger partial charge on any atom is -0.497 e. The third-order valence-electron chi connectivity index (χ3n) is 6.90. The summed E-state index contributed by atoms with van der Waals surface area (Å²) in [6.45, 7) is 3.33. The quantitative estimate of drug-likeness (QED) is 0.351. The van der Waals surface area contributed by atoms with Crippen LogP contribution in [0.4, 0.5) is 5.69 Å². The van der Waals surface area contributed by atoms with Gasteiger partial charge in [0.15, 0.2) is 5.75 Å². The number of likely N-dealkylation sites (N-methyl/N-ethyl adjacent to an activating group) is 1. The van der Waals surface area contributed by atoms with Crippen LogP contribution in [0.2, 0.25) is 0 Å². The van der Waals surface area contributed by atoms with E-state index in [1.54, 1.807) is 18.4 Å². The molecule has 2 aromatic carbocycles. The monoisotopic (exact) mass is 623 g/mol. The molecule has 0 bridgehead atoms. The van der Waals surface area contributed by atoms with E-state index in [0.717, 1.165) is 11.3 Å². The number of amides is 1. The number of fused-ring (bicyclic) bond motifs is 1. The SMILES string of the molecule is COc1ccc(S(=O)(=O)Nc2cccc3c2O[C@H](CN(C)S(=O)(=O)c2cccs2)[C@H](C)CN([C@@H](C)CO)C3=O)cc1. The molecule has 2 heterocycles. The molecular weight excluding hydrogens is 591 g/mol. The number of carbonyl (C=O) groups excluding carboxylic acids is 1. The minimum atomic E-state index is -4.11. The normalized spacial score (nSPS) is 18.7. The van der Waals surface area contributed by atoms with E-state index in [1.807, 2.05) is 6.92 Å². The number of nitrogens with zero attached hydrogens (tertiary/aromatic N) is 2. The number of aliphatic hydroxyl groups excluding tert-OH is 1. The molecule has 3 atom stereocenters. The number of hydrogen-bond acceptors (Lipinski definition) is 9. The second kappa shape index (κ2) is 12.4. The summed E-state index contributed by atoms with van der Waals surface area (Å²) < 4.78 is 68.3. The standard InChI is InChI=1S/C27H33N3O8S3/c1-18-15-30(19(2)17-31)27(32)22-7-5-8-23(28-40(33,34)21-12-10-20(37-4)11-13-21)26(22)38-24(18)16-29(3)41(35,36)25-9-6-14-39-25/h5-14,18-19,24,28,31H,15-17H2,1-4H3/t18-,19+,24-/m1/s1. The molecule has 1 aromatic heterocycles. The van der Waals surface area contributed by atoms with Crippen LogP contribution in [-0.2, 0) is 20.0 Å². The Hall–Kier alpha value is -3.17. The number of para-hydroxylation sites is 1. The van der Waals surface area contributed by atoms with Crippen molar-refractivity contribution in [3.05, 3.63) is 65.5 Å². The van der Waals surface area contributed by atoms with Gasteiger partial charge in [-0.05, 0) is 54.8 Å². The number of aliphatic hydroxyl groups is 1. The van der Waals surface area contributed by atoms with Gasteiger partial charge in [0, 0.05) is 19.5 Å². The summed E-state index contributed by atoms with van der Waals surface area (Å²) in [5.74, 6) is -0.382. The van der Waals surface area contributed by atoms with Gasteiger partial charge in [0.05, 0.1) is 42.4 Å². The van der Waals surface area contributed by atoms with Gasteiger partial charge in [0.25, 0.3) is 26.0 Å². The zero-order valence-corrected chi connectivity index (χ0v) is 25.5. The van der Waals surface area contributed by atoms with Crippen LogP contribution >= 0.6 is 11.3 Å². The molecule has 0 saturated carbocycles. The lowest BCUT2D eigenvalue weighted by Crippen LogP contribution is -2.50. The highest BCUT2D eigenvalue weighted by atomic mass is 32.2. The molecule has 0 fully saturated rings. The molecule has 41 heavy (non-hydrogen) atoms. The maximum Gasteiger partial charge on any atom is 0.262 e. The first kappa shape index (κ1) is 30.8. The molecule has 0 unspecified atom stereocenters. The van der Waals surface area contributed by atoms with Crippen LogP contribution in [0.1, 0.15) is 24.2 Å². The van der Waals surface area contributed by atoms with E-state index in [2.05, 4.69) is 4.72 Å². The molecular formula is C27H33N3O8S3. The largest absolute Gasteiger partial charge is 0.497 e. The molecule has 0 radical (unpaired) electrons. The van der Waals surface area contributed by atoms with E-state index in [-0.39, 0.29) is 45.8 Å². The summed E-state index contributed by atoms with van der Waals surface area (Å²) in [6.07, 6.45) is -0.776. The summed E-state index contributed by atoms with van der Waals surface area (Å²) in [7, 11) is -5.00. The molecule has 0 spiro atoms. The van der Waals surface area contributed by atoms with Crippen molar-refractivity contribution in [2.24, 2.45) is 5.92 Å². The fourth-order valence-electron chi connectivity index (χ4n) is 4.42. The lowest BCUT2D eigenvalue weighted by atomic mass is 9.99. The Balaban J connectivity index is 1.76. The van der Waals surface area contributed by atoms with Gasteiger partial charge in [-0.25, -0.2) is 16.8 Å². The van der Waals surface area contributed by atoms with E-state index in [9.17, 15) is 26.7 Å². The molecule has 4 rings (SSSR count). The molecule has 1 aliphatic heterocycles. The maximum atomic E-state index is 13.7. The van der Waals surface area contributed by atoms with Gasteiger partial charge in [0.1, 0.15) is 16.1 Å². The van der Waals surface area contributed by atoms with Gasteiger partial charge in [0.2, 0.25) is 0 Å². The van der Waals surface area contributed by atoms with Crippen molar-refractivity contribution in [2.75, 3.05) is 38.6 Å². The molecule has 14 heteroatoms. The topological polar surface area (TPSA) is 143 Å². The molecule has 1 aliphatic rings. The fraction of sp³-hybridized carbons (Fsp3) is 0.370. The second-order valence-corrected chi connectivity index (χ2v) is 14.7. The van der Waals surface area contributed by atoms with Gasteiger partial charge in [-0.1, -0.05) is 19.1 Å². The van der Waals surface area contributed by atoms with Crippen molar-refractivity contribution in [1.29, 1.82) is 0 Å². The number of anilines is 1. The second-order valence-electron chi connectivity index (χ2n) is 9.80. The number of ether oxygens (including phenoxy) is 2. The Morgan fingerprint density at radius 3 is 2.46 bits per heavy atom. The number of hydrogen-bond donors (Lipinski definition) is 2. The van der Waals surface area contributed by atoms with Crippen molar-refractivity contribution in [3.63, 3.8) is 0 Å². The average Bonchev–Trinajstić information content (AvgIpc) is 3.51. The Morgan fingerprint density at radius 2 is 1.85 bits per heavy atom. The highest BCUT2D eigenvalue weighted by molar-refractivity contribution is 7.92. The van der Waals surface area contributed by atoms with E-state index >= 15 is 0 Å². The number of rotatable bonds is 10. The third-order valence-corrected chi connectivity index (χ3v) is 11.5. The molecule has 3 aromatic rings. The first-order valence-corrected chi connectivity index (χ1v) is 16.6. The zero-order chi connectivity index (χ0) is 29.9. The first-order chi connectivity index (χ1) is 19.4. The molecule has 0 saturated heterocycles. The van der Waals surface area contributed by atoms with Crippen molar-refractivity contribution in [2.45, 2.75) is 35.1 Å². The predicted molar refractivity (Wildman–Crippen MR) is 156 cm³/mol. The molecule has 11 nitrogen and oxygen atoms in total. The molecule has 2 N–H and O–H groups in total. The first-order valence-electron chi connectivity index (χ1n) is 12.8. The highest BCUT2D eigenvalue weighted by Crippen LogP contribution is 2.36. The number of methoxy groups -OCH3 is 1. The third kappa shape index (κ3) is 6.51. The van der Waals surface area contributed by atoms with Crippen LogP contribution < -0.4 is 14.2 Å². The number of thiophene rings is 1. The van der Waals surface area contributed by atoms with Gasteiger partial charge >= 0.3 is 0 Å². The van der Waals surface area contributed by atoms with Gasteiger partial charge in [-0.3, -0.25) is 9.52 Å². The van der Waals surface area contributed by atoms with Crippen LogP contribution in [0, 0.1) is 5.92 Å². The van der Waals surface area contributed by atoms with Crippen LogP contribution in [0.25, 0.3) is 0 Å². The number of nitrogens with one attached hydrogen (secondary N) is 1. The van der Waals surface area contributed by atoms with Crippen molar-refractivity contribution in [1.82, 2.24) is 9.21 Å². The van der Waals surface area contributed by atoms with E-state index < -0.39 is 44.0 Å². The van der Waals surface area contributed by atoms with E-state index in [1.165, 1.54) is 71.9 Å². The Bertz CT molecular complexity index is 1580. The Kier molecular flexibility index (Phi) is 9.29. The number of carbonyl (C=O) groups is 1. The summed E-state index contributed by atoms with van der Waals surface area (Å²) in [5, 5.41) is 11.6. The fourth-order valence-corrected chi connectivity index (χ4v) is 7.86. The van der Waals surface area contributed by atoms with Crippen LogP contribution in [0.5, 0.6) is 11.5 Å². The maximum absolute atomic E-state index is 13.7. The molecule has 0 aliphatic carbocycles. The van der Waals surface area contributed by atoms with Gasteiger partial charge in [-0.2, -0.15) is 4.31 Å². The highest BCUT2D eigenvalue weighted by Gasteiger charge is 2.36. The minimum absolute atomic E-state index is 0.0196. The van der Waals surface area contributed by atoms with Gasteiger partial charge < -0.3 is 19.5 Å². The van der Waals surface area contributed by atoms with Gasteiger partial charge in [-0.15, -0.1) is 11.3 Å². The van der Waals surface area contributed by atoms with Crippen LogP contribution in [-0.4, -0.2) is 83.1 Å². The number of sulfonamides is 2. The lowest BCUT2D eigenvalue weighted by Gasteiger charge is -2.38. The Morgan fingerprint density at radius 1 is 1.15 bits per heavy atom. The summed E-state index contributed by atoms with van der Waals surface area (Å²) in [5.41, 5.74) is 0.104. The summed E-state index contributed by atoms with van der Waals surface area (Å²) >= 11 is 1.10. The predicted octanol–water partition coefficient (Wildman–Crippen LogP) is 3.10. The molecule has 222 valence electrons. The van der Waals surface area contributed by atoms with Crippen LogP contribution in [0.3, 0.4) is 0 Å². The summed E-state index contributed by atoms with van der Waals surface area (Å²) in [4.78, 5) is 15.1. The smallest absolute Gasteiger partial charge is 0.262 e. The van der Waals surface area contributed by atoms with Crippen LogP contribution in [0.15, 0.2) is 69.1 Å². The average molecular weight is 624 g/mol. The lowest BCUT2D eigenvalue weighted by molar-refractivity contribution is 0.0389. The van der Waals surface area contributed by atoms with Crippen molar-refractivity contribution in [3.8, 4) is 11.5 Å². The molecule has 1 amide bonds. The van der Waals surface area contributed by atoms with Crippen molar-refractivity contribution >= 4 is 43.0 Å².